The first kappa shape index (κ1) is 4.73. The zero-order valence-corrected chi connectivity index (χ0v) is 4.96. The fourth-order valence-corrected chi connectivity index (χ4v) is 0.969. The highest BCUT2D eigenvalue weighted by Gasteiger charge is 2.05. The minimum absolute atomic E-state index is 0.773. The average Bonchev–Trinajstić information content (AvgIpc) is 2.33. The normalized spacial score (nSPS) is 15.6. The van der Waals surface area contributed by atoms with E-state index in [1.807, 2.05) is 6.21 Å². The Morgan fingerprint density at radius 3 is 3.44 bits per heavy atom. The van der Waals surface area contributed by atoms with E-state index in [0.717, 1.165) is 24.4 Å². The molecule has 1 aliphatic heterocycles. The second-order valence-electron chi connectivity index (χ2n) is 2.06. The van der Waals surface area contributed by atoms with Crippen LogP contribution in [-0.4, -0.2) is 16.2 Å². The lowest BCUT2D eigenvalue weighted by Gasteiger charge is -2.00. The van der Waals surface area contributed by atoms with E-state index >= 15 is 0 Å². The third kappa shape index (κ3) is 0.650. The number of nitrogens with zero attached hydrogens (tertiary/aromatic N) is 2. The molecule has 1 aliphatic rings. The van der Waals surface area contributed by atoms with Crippen molar-refractivity contribution in [3.8, 4) is 0 Å². The van der Waals surface area contributed by atoms with Crippen LogP contribution in [0.25, 0.3) is 0 Å². The average molecular weight is 121 g/mol. The van der Waals surface area contributed by atoms with Gasteiger partial charge in [-0.15, -0.1) is 0 Å². The number of H-pyrrole nitrogens is 1. The van der Waals surface area contributed by atoms with Gasteiger partial charge in [-0.1, -0.05) is 0 Å². The molecule has 1 aromatic rings. The van der Waals surface area contributed by atoms with Crippen LogP contribution in [0.3, 0.4) is 0 Å². The zero-order chi connectivity index (χ0) is 6.10. The van der Waals surface area contributed by atoms with E-state index in [0.29, 0.717) is 0 Å². The third-order valence-electron chi connectivity index (χ3n) is 1.47. The van der Waals surface area contributed by atoms with Crippen molar-refractivity contribution in [2.24, 2.45) is 4.99 Å². The second kappa shape index (κ2) is 1.69. The number of aliphatic imine (C=N–C) groups is 1. The Balaban J connectivity index is 2.46. The number of hydrogen-bond acceptors (Lipinski definition) is 2. The van der Waals surface area contributed by atoms with E-state index in [9.17, 15) is 0 Å². The van der Waals surface area contributed by atoms with Gasteiger partial charge >= 0.3 is 0 Å². The van der Waals surface area contributed by atoms with Gasteiger partial charge in [0.05, 0.1) is 24.3 Å². The van der Waals surface area contributed by atoms with Crippen LogP contribution in [0.1, 0.15) is 11.4 Å². The lowest BCUT2D eigenvalue weighted by atomic mass is 10.2. The van der Waals surface area contributed by atoms with E-state index in [1.165, 1.54) is 0 Å². The van der Waals surface area contributed by atoms with E-state index in [4.69, 9.17) is 0 Å². The highest BCUT2D eigenvalue weighted by atomic mass is 14.9. The van der Waals surface area contributed by atoms with Crippen LogP contribution < -0.4 is 0 Å². The Labute approximate surface area is 52.8 Å². The number of nitrogens with one attached hydrogen (secondary N) is 1. The molecule has 0 spiro atoms. The fourth-order valence-electron chi connectivity index (χ4n) is 0.969. The van der Waals surface area contributed by atoms with E-state index < -0.39 is 0 Å². The summed E-state index contributed by atoms with van der Waals surface area (Å²) >= 11 is 0. The molecule has 46 valence electrons. The summed E-state index contributed by atoms with van der Waals surface area (Å²) in [5.74, 6) is 0. The van der Waals surface area contributed by atoms with Gasteiger partial charge < -0.3 is 4.98 Å². The molecule has 9 heavy (non-hydrogen) atoms. The predicted molar refractivity (Wildman–Crippen MR) is 34.5 cm³/mol. The first-order valence-electron chi connectivity index (χ1n) is 2.96. The largest absolute Gasteiger partial charge is 0.347 e. The molecule has 0 aromatic carbocycles. The van der Waals surface area contributed by atoms with Gasteiger partial charge in [0.1, 0.15) is 0 Å². The van der Waals surface area contributed by atoms with Crippen LogP contribution in [0, 0.1) is 0 Å². The maximum Gasteiger partial charge on any atom is 0.0925 e. The van der Waals surface area contributed by atoms with Crippen molar-refractivity contribution in [2.45, 2.75) is 13.0 Å². The molecular weight excluding hydrogens is 114 g/mol. The van der Waals surface area contributed by atoms with Crippen molar-refractivity contribution in [1.29, 1.82) is 0 Å². The molecule has 0 amide bonds. The van der Waals surface area contributed by atoms with Crippen LogP contribution in [0.5, 0.6) is 0 Å². The van der Waals surface area contributed by atoms with E-state index in [2.05, 4.69) is 15.0 Å². The van der Waals surface area contributed by atoms with Gasteiger partial charge in [0.15, 0.2) is 0 Å². The molecule has 0 saturated carbocycles. The number of rotatable bonds is 0. The lowest BCUT2D eigenvalue weighted by Crippen LogP contribution is -1.99. The van der Waals surface area contributed by atoms with Crippen molar-refractivity contribution >= 4 is 6.21 Å². The van der Waals surface area contributed by atoms with Crippen molar-refractivity contribution in [1.82, 2.24) is 9.97 Å². The van der Waals surface area contributed by atoms with Crippen LogP contribution in [0.4, 0.5) is 0 Å². The third-order valence-corrected chi connectivity index (χ3v) is 1.47. The molecule has 3 heteroatoms. The number of aromatic nitrogens is 2. The predicted octanol–water partition coefficient (Wildman–Crippen LogP) is 0.537. The summed E-state index contributed by atoms with van der Waals surface area (Å²) < 4.78 is 0. The van der Waals surface area contributed by atoms with Crippen molar-refractivity contribution in [3.63, 3.8) is 0 Å². The molecule has 0 atom stereocenters. The van der Waals surface area contributed by atoms with E-state index in [1.54, 1.807) is 6.33 Å². The summed E-state index contributed by atoms with van der Waals surface area (Å²) in [7, 11) is 0. The second-order valence-corrected chi connectivity index (χ2v) is 2.06. The first-order valence-corrected chi connectivity index (χ1v) is 2.96. The number of fused-ring (bicyclic) bond motifs is 1. The zero-order valence-electron chi connectivity index (χ0n) is 4.96. The standard InChI is InChI=1S/C6H7N3/c1-2-7-3-6-5(1)8-4-9-6/h2,4H,1,3H2,(H,8,9). The molecule has 0 bridgehead atoms. The van der Waals surface area contributed by atoms with Crippen LogP contribution >= 0.6 is 0 Å². The molecule has 1 N–H and O–H groups in total. The summed E-state index contributed by atoms with van der Waals surface area (Å²) in [5, 5.41) is 0. The minimum Gasteiger partial charge on any atom is -0.347 e. The Morgan fingerprint density at radius 2 is 2.56 bits per heavy atom. The molecule has 0 fully saturated rings. The summed E-state index contributed by atoms with van der Waals surface area (Å²) in [4.78, 5) is 11.2. The van der Waals surface area contributed by atoms with Crippen molar-refractivity contribution in [3.05, 3.63) is 17.7 Å². The summed E-state index contributed by atoms with van der Waals surface area (Å²) in [6, 6.07) is 0. The summed E-state index contributed by atoms with van der Waals surface area (Å²) in [5.41, 5.74) is 2.31. The fraction of sp³-hybridized carbons (Fsp3) is 0.333. The molecule has 3 nitrogen and oxygen atoms in total. The van der Waals surface area contributed by atoms with E-state index in [-0.39, 0.29) is 0 Å². The maximum atomic E-state index is 4.11. The Kier molecular flexibility index (Phi) is 0.886. The smallest absolute Gasteiger partial charge is 0.0925 e. The Bertz CT molecular complexity index is 214. The van der Waals surface area contributed by atoms with Gasteiger partial charge in [-0.25, -0.2) is 4.98 Å². The van der Waals surface area contributed by atoms with Crippen LogP contribution in [-0.2, 0) is 13.0 Å². The molecule has 0 radical (unpaired) electrons. The maximum absolute atomic E-state index is 4.11. The number of hydrogen-bond donors (Lipinski definition) is 1. The Hall–Kier alpha value is -1.12. The van der Waals surface area contributed by atoms with Gasteiger partial charge in [0, 0.05) is 12.6 Å². The van der Waals surface area contributed by atoms with Gasteiger partial charge in [0.2, 0.25) is 0 Å². The molecule has 0 saturated heterocycles. The van der Waals surface area contributed by atoms with Gasteiger partial charge in [-0.2, -0.15) is 0 Å². The summed E-state index contributed by atoms with van der Waals surface area (Å²) in [6.45, 7) is 0.773. The quantitative estimate of drug-likeness (QED) is 0.534. The lowest BCUT2D eigenvalue weighted by molar-refractivity contribution is 0.953. The molecule has 0 unspecified atom stereocenters. The van der Waals surface area contributed by atoms with Gasteiger partial charge in [-0.05, 0) is 0 Å². The number of aromatic amines is 1. The molecule has 1 aromatic heterocycles. The molecule has 0 aliphatic carbocycles. The molecular formula is C6H7N3. The van der Waals surface area contributed by atoms with Gasteiger partial charge in [-0.3, -0.25) is 4.99 Å². The monoisotopic (exact) mass is 121 g/mol. The Morgan fingerprint density at radius 1 is 1.56 bits per heavy atom. The topological polar surface area (TPSA) is 41.0 Å². The minimum atomic E-state index is 0.773. The first-order chi connectivity index (χ1) is 4.47. The highest BCUT2D eigenvalue weighted by Crippen LogP contribution is 2.07. The highest BCUT2D eigenvalue weighted by molar-refractivity contribution is 5.62. The van der Waals surface area contributed by atoms with Crippen molar-refractivity contribution < 1.29 is 0 Å². The van der Waals surface area contributed by atoms with Gasteiger partial charge in [0.25, 0.3) is 0 Å². The molecule has 2 heterocycles. The SMILES string of the molecule is C1=NCc2[nH]cnc2C1. The summed E-state index contributed by atoms with van der Waals surface area (Å²) in [6.07, 6.45) is 4.52. The van der Waals surface area contributed by atoms with Crippen LogP contribution in [0.2, 0.25) is 0 Å². The van der Waals surface area contributed by atoms with Crippen molar-refractivity contribution in [2.75, 3.05) is 0 Å². The van der Waals surface area contributed by atoms with Crippen LogP contribution in [0.15, 0.2) is 11.3 Å². The number of imidazole rings is 1. The molecule has 2 rings (SSSR count).